The van der Waals surface area contributed by atoms with Crippen molar-refractivity contribution in [1.29, 1.82) is 0 Å². The standard InChI is InChI=1S/C34H32FN3O7S2/c1-3-5-14-43-24-12-8-21(17-26(24)42-4-2)29-28(30(39)22-9-13-25-27(18-22)45-16-15-44-25)31(40)32(41)38(29)33-36-37-34(47-33)46-19-20-6-10-23(35)11-7-20/h6-13,17-18,29,39H,3-5,14-16,19H2,1-2H3/b30-28-. The van der Waals surface area contributed by atoms with E-state index in [1.54, 1.807) is 48.5 Å². The molecule has 0 spiro atoms. The molecule has 0 saturated carbocycles. The van der Waals surface area contributed by atoms with Crippen molar-refractivity contribution in [3.63, 3.8) is 0 Å². The van der Waals surface area contributed by atoms with Gasteiger partial charge in [-0.25, -0.2) is 4.39 Å². The zero-order chi connectivity index (χ0) is 32.9. The van der Waals surface area contributed by atoms with Crippen molar-refractivity contribution in [2.45, 2.75) is 42.8 Å². The first-order chi connectivity index (χ1) is 22.9. The van der Waals surface area contributed by atoms with Crippen LogP contribution in [0.5, 0.6) is 23.0 Å². The predicted octanol–water partition coefficient (Wildman–Crippen LogP) is 6.94. The Morgan fingerprint density at radius 1 is 1.00 bits per heavy atom. The Morgan fingerprint density at radius 3 is 2.55 bits per heavy atom. The summed E-state index contributed by atoms with van der Waals surface area (Å²) in [5.74, 6) is -0.0167. The molecule has 1 aromatic heterocycles. The number of thioether (sulfide) groups is 1. The number of hydrogen-bond acceptors (Lipinski definition) is 11. The summed E-state index contributed by atoms with van der Waals surface area (Å²) in [6.45, 7) is 5.52. The molecule has 1 amide bonds. The topological polar surface area (TPSA) is 120 Å². The molecule has 0 aliphatic carbocycles. The van der Waals surface area contributed by atoms with Crippen LogP contribution in [-0.2, 0) is 15.3 Å². The van der Waals surface area contributed by atoms with Crippen molar-refractivity contribution in [2.75, 3.05) is 31.3 Å². The van der Waals surface area contributed by atoms with Crippen LogP contribution in [0.15, 0.2) is 70.6 Å². The molecule has 0 radical (unpaired) electrons. The third kappa shape index (κ3) is 6.91. The summed E-state index contributed by atoms with van der Waals surface area (Å²) in [6.07, 6.45) is 1.82. The fourth-order valence-electron chi connectivity index (χ4n) is 5.18. The third-order valence-electron chi connectivity index (χ3n) is 7.48. The van der Waals surface area contributed by atoms with Crippen LogP contribution in [-0.4, -0.2) is 53.4 Å². The van der Waals surface area contributed by atoms with Gasteiger partial charge < -0.3 is 24.1 Å². The van der Waals surface area contributed by atoms with Crippen molar-refractivity contribution in [2.24, 2.45) is 0 Å². The zero-order valence-electron chi connectivity index (χ0n) is 25.7. The first kappa shape index (κ1) is 32.3. The highest BCUT2D eigenvalue weighted by molar-refractivity contribution is 8.00. The number of ether oxygens (including phenoxy) is 4. The second kappa shape index (κ2) is 14.4. The number of unbranched alkanes of at least 4 members (excludes halogenated alkanes) is 1. The summed E-state index contributed by atoms with van der Waals surface area (Å²) in [4.78, 5) is 28.8. The highest BCUT2D eigenvalue weighted by Gasteiger charge is 2.48. The van der Waals surface area contributed by atoms with Crippen molar-refractivity contribution < 1.29 is 38.0 Å². The van der Waals surface area contributed by atoms with Gasteiger partial charge in [0.15, 0.2) is 27.3 Å². The van der Waals surface area contributed by atoms with Gasteiger partial charge in [0, 0.05) is 11.3 Å². The van der Waals surface area contributed by atoms with Crippen LogP contribution in [0.4, 0.5) is 9.52 Å². The maximum atomic E-state index is 13.8. The van der Waals surface area contributed by atoms with E-state index in [9.17, 15) is 19.1 Å². The van der Waals surface area contributed by atoms with Crippen molar-refractivity contribution in [3.8, 4) is 23.0 Å². The number of fused-ring (bicyclic) bond motifs is 1. The van der Waals surface area contributed by atoms with Crippen LogP contribution in [0.2, 0.25) is 0 Å². The van der Waals surface area contributed by atoms with Gasteiger partial charge in [0.25, 0.3) is 5.78 Å². The Kier molecular flexibility index (Phi) is 9.92. The first-order valence-corrected chi connectivity index (χ1v) is 17.0. The van der Waals surface area contributed by atoms with E-state index >= 15 is 0 Å². The van der Waals surface area contributed by atoms with E-state index in [-0.39, 0.29) is 27.8 Å². The minimum Gasteiger partial charge on any atom is -0.507 e. The van der Waals surface area contributed by atoms with E-state index in [4.69, 9.17) is 18.9 Å². The molecular formula is C34H32FN3O7S2. The number of aliphatic hydroxyl groups is 1. The van der Waals surface area contributed by atoms with Crippen molar-refractivity contribution >= 4 is 45.7 Å². The number of anilines is 1. The van der Waals surface area contributed by atoms with Crippen LogP contribution < -0.4 is 23.8 Å². The van der Waals surface area contributed by atoms with Gasteiger partial charge >= 0.3 is 5.91 Å². The normalized spacial score (nSPS) is 16.8. The molecule has 4 aromatic rings. The summed E-state index contributed by atoms with van der Waals surface area (Å²) in [7, 11) is 0. The van der Waals surface area contributed by atoms with Gasteiger partial charge in [-0.15, -0.1) is 10.2 Å². The third-order valence-corrected chi connectivity index (χ3v) is 9.60. The Bertz CT molecular complexity index is 1810. The van der Waals surface area contributed by atoms with Crippen LogP contribution in [0, 0.1) is 5.82 Å². The van der Waals surface area contributed by atoms with E-state index in [1.807, 2.05) is 6.92 Å². The van der Waals surface area contributed by atoms with Gasteiger partial charge in [-0.3, -0.25) is 14.5 Å². The van der Waals surface area contributed by atoms with Crippen LogP contribution in [0.1, 0.15) is 49.4 Å². The monoisotopic (exact) mass is 677 g/mol. The maximum absolute atomic E-state index is 13.8. The molecular weight excluding hydrogens is 646 g/mol. The van der Waals surface area contributed by atoms with E-state index in [1.165, 1.54) is 28.8 Å². The molecule has 10 nitrogen and oxygen atoms in total. The van der Waals surface area contributed by atoms with Gasteiger partial charge in [0.2, 0.25) is 5.13 Å². The molecule has 1 unspecified atom stereocenters. The molecule has 244 valence electrons. The number of Topliss-reactive ketones (excluding diaryl/α,β-unsaturated/α-hetero) is 1. The predicted molar refractivity (Wildman–Crippen MR) is 176 cm³/mol. The van der Waals surface area contributed by atoms with E-state index in [0.29, 0.717) is 65.1 Å². The molecule has 2 aliphatic heterocycles. The number of rotatable bonds is 12. The molecule has 1 N–H and O–H groups in total. The van der Waals surface area contributed by atoms with Gasteiger partial charge in [0.05, 0.1) is 24.8 Å². The molecule has 1 saturated heterocycles. The van der Waals surface area contributed by atoms with Gasteiger partial charge in [-0.05, 0) is 66.9 Å². The van der Waals surface area contributed by atoms with Crippen molar-refractivity contribution in [1.82, 2.24) is 10.2 Å². The highest BCUT2D eigenvalue weighted by Crippen LogP contribution is 2.46. The Labute approximate surface area is 279 Å². The molecule has 0 bridgehead atoms. The molecule has 2 aliphatic rings. The molecule has 1 fully saturated rings. The summed E-state index contributed by atoms with van der Waals surface area (Å²) in [5.41, 5.74) is 1.56. The fourth-order valence-corrected chi connectivity index (χ4v) is 7.01. The lowest BCUT2D eigenvalue weighted by Gasteiger charge is -2.24. The second-order valence-corrected chi connectivity index (χ2v) is 12.8. The average molecular weight is 678 g/mol. The van der Waals surface area contributed by atoms with Gasteiger partial charge in [0.1, 0.15) is 24.8 Å². The van der Waals surface area contributed by atoms with Crippen LogP contribution >= 0.6 is 23.1 Å². The van der Waals surface area contributed by atoms with E-state index in [2.05, 4.69) is 17.1 Å². The van der Waals surface area contributed by atoms with E-state index in [0.717, 1.165) is 29.7 Å². The number of aliphatic hydroxyl groups excluding tert-OH is 1. The molecule has 3 heterocycles. The molecule has 47 heavy (non-hydrogen) atoms. The lowest BCUT2D eigenvalue weighted by molar-refractivity contribution is -0.132. The number of nitrogens with zero attached hydrogens (tertiary/aromatic N) is 3. The SMILES string of the molecule is CCCCOc1ccc(C2/C(=C(/O)c3ccc4c(c3)OCCO4)C(=O)C(=O)N2c2nnc(SCc3ccc(F)cc3)s2)cc1OCC. The summed E-state index contributed by atoms with van der Waals surface area (Å²) < 4.78 is 37.1. The number of carbonyl (C=O) groups is 2. The Hall–Kier alpha value is -4.62. The van der Waals surface area contributed by atoms with Gasteiger partial charge in [-0.2, -0.15) is 0 Å². The Balaban J connectivity index is 1.41. The van der Waals surface area contributed by atoms with Crippen LogP contribution in [0.3, 0.4) is 0 Å². The molecule has 13 heteroatoms. The summed E-state index contributed by atoms with van der Waals surface area (Å²) in [6, 6.07) is 15.1. The number of carbonyl (C=O) groups excluding carboxylic acids is 2. The Morgan fingerprint density at radius 2 is 1.79 bits per heavy atom. The molecule has 1 atom stereocenters. The second-order valence-electron chi connectivity index (χ2n) is 10.6. The maximum Gasteiger partial charge on any atom is 0.301 e. The number of halogens is 1. The van der Waals surface area contributed by atoms with Crippen molar-refractivity contribution in [3.05, 3.63) is 88.7 Å². The minimum atomic E-state index is -1.06. The molecule has 3 aromatic carbocycles. The smallest absolute Gasteiger partial charge is 0.301 e. The lowest BCUT2D eigenvalue weighted by atomic mass is 9.95. The first-order valence-electron chi connectivity index (χ1n) is 15.2. The number of benzene rings is 3. The lowest BCUT2D eigenvalue weighted by Crippen LogP contribution is -2.29. The largest absolute Gasteiger partial charge is 0.507 e. The molecule has 6 rings (SSSR count). The van der Waals surface area contributed by atoms with Gasteiger partial charge in [-0.1, -0.05) is 54.6 Å². The van der Waals surface area contributed by atoms with Crippen LogP contribution in [0.25, 0.3) is 5.76 Å². The minimum absolute atomic E-state index is 0.121. The summed E-state index contributed by atoms with van der Waals surface area (Å²) in [5, 5.41) is 20.4. The quantitative estimate of drug-likeness (QED) is 0.0422. The summed E-state index contributed by atoms with van der Waals surface area (Å²) >= 11 is 2.51. The zero-order valence-corrected chi connectivity index (χ0v) is 27.4. The number of hydrogen-bond donors (Lipinski definition) is 1. The number of amides is 1. The fraction of sp³-hybridized carbons (Fsp3) is 0.294. The number of ketones is 1. The number of aromatic nitrogens is 2. The highest BCUT2D eigenvalue weighted by atomic mass is 32.2. The van der Waals surface area contributed by atoms with E-state index < -0.39 is 17.7 Å². The average Bonchev–Trinajstić information content (AvgIpc) is 3.66.